The minimum Gasteiger partial charge on any atom is -0.363 e. The number of hydrogen-bond donors (Lipinski definition) is 0. The Labute approximate surface area is 67.4 Å². The molecule has 3 heteroatoms. The molecule has 0 amide bonds. The van der Waals surface area contributed by atoms with Crippen molar-refractivity contribution in [2.75, 3.05) is 6.61 Å². The molecule has 0 spiro atoms. The Morgan fingerprint density at radius 2 is 2.55 bits per heavy atom. The molecule has 1 aliphatic rings. The van der Waals surface area contributed by atoms with Crippen LogP contribution in [-0.2, 0) is 9.57 Å². The minimum atomic E-state index is -0.110. The van der Waals surface area contributed by atoms with E-state index in [1.165, 1.54) is 0 Å². The van der Waals surface area contributed by atoms with Crippen molar-refractivity contribution in [3.63, 3.8) is 0 Å². The van der Waals surface area contributed by atoms with E-state index in [-0.39, 0.29) is 6.29 Å². The average Bonchev–Trinajstić information content (AvgIpc) is 2.37. The van der Waals surface area contributed by atoms with Crippen LogP contribution in [0.25, 0.3) is 0 Å². The lowest BCUT2D eigenvalue weighted by molar-refractivity contribution is -0.124. The number of ether oxygens (including phenoxy) is 1. The van der Waals surface area contributed by atoms with Crippen molar-refractivity contribution in [2.45, 2.75) is 39.4 Å². The molecule has 0 saturated carbocycles. The van der Waals surface area contributed by atoms with Gasteiger partial charge in [-0.2, -0.15) is 0 Å². The Kier molecular flexibility index (Phi) is 3.36. The molecule has 0 aliphatic carbocycles. The molecule has 0 saturated heterocycles. The summed E-state index contributed by atoms with van der Waals surface area (Å²) in [6, 6.07) is 0. The van der Waals surface area contributed by atoms with Gasteiger partial charge < -0.3 is 9.57 Å². The maximum atomic E-state index is 5.38. The second-order valence-corrected chi connectivity index (χ2v) is 2.79. The van der Waals surface area contributed by atoms with Gasteiger partial charge in [-0.1, -0.05) is 18.5 Å². The summed E-state index contributed by atoms with van der Waals surface area (Å²) in [5, 5.41) is 3.79. The van der Waals surface area contributed by atoms with Crippen LogP contribution in [0.3, 0.4) is 0 Å². The fraction of sp³-hybridized carbons (Fsp3) is 0.875. The Balaban J connectivity index is 2.02. The Bertz CT molecular complexity index is 145. The predicted octanol–water partition coefficient (Wildman–Crippen LogP) is 1.93. The molecule has 11 heavy (non-hydrogen) atoms. The number of nitrogens with zero attached hydrogens (tertiary/aromatic N) is 1. The number of oxime groups is 1. The number of hydrogen-bond acceptors (Lipinski definition) is 3. The minimum absolute atomic E-state index is 0.110. The summed E-state index contributed by atoms with van der Waals surface area (Å²) in [5.41, 5.74) is 1.02. The highest BCUT2D eigenvalue weighted by molar-refractivity contribution is 5.82. The molecule has 1 rings (SSSR count). The Hall–Kier alpha value is -0.570. The van der Waals surface area contributed by atoms with Crippen molar-refractivity contribution in [1.82, 2.24) is 0 Å². The summed E-state index contributed by atoms with van der Waals surface area (Å²) < 4.78 is 5.38. The molecule has 0 fully saturated rings. The van der Waals surface area contributed by atoms with Crippen molar-refractivity contribution < 1.29 is 9.57 Å². The first kappa shape index (κ1) is 8.53. The second-order valence-electron chi connectivity index (χ2n) is 2.79. The fourth-order valence-corrected chi connectivity index (χ4v) is 0.913. The largest absolute Gasteiger partial charge is 0.363 e. The lowest BCUT2D eigenvalue weighted by atomic mass is 10.3. The highest BCUT2D eigenvalue weighted by atomic mass is 16.8. The Morgan fingerprint density at radius 1 is 1.73 bits per heavy atom. The van der Waals surface area contributed by atoms with E-state index in [2.05, 4.69) is 12.1 Å². The first-order chi connectivity index (χ1) is 5.33. The number of unbranched alkanes of at least 4 members (excludes halogenated alkanes) is 1. The van der Waals surface area contributed by atoms with Gasteiger partial charge in [0.25, 0.3) is 0 Å². The maximum absolute atomic E-state index is 5.38. The third-order valence-electron chi connectivity index (χ3n) is 1.59. The van der Waals surface area contributed by atoms with Gasteiger partial charge in [-0.25, -0.2) is 0 Å². The third-order valence-corrected chi connectivity index (χ3v) is 1.59. The van der Waals surface area contributed by atoms with Gasteiger partial charge in [-0.15, -0.1) is 0 Å². The predicted molar refractivity (Wildman–Crippen MR) is 43.5 cm³/mol. The van der Waals surface area contributed by atoms with Crippen molar-refractivity contribution in [3.8, 4) is 0 Å². The molecule has 1 atom stereocenters. The molecule has 1 aliphatic heterocycles. The van der Waals surface area contributed by atoms with Crippen LogP contribution in [0, 0.1) is 0 Å². The summed E-state index contributed by atoms with van der Waals surface area (Å²) in [6.45, 7) is 4.87. The zero-order valence-electron chi connectivity index (χ0n) is 7.17. The average molecular weight is 157 g/mol. The van der Waals surface area contributed by atoms with Crippen LogP contribution in [0.4, 0.5) is 0 Å². The molecule has 0 aromatic heterocycles. The molecule has 1 unspecified atom stereocenters. The maximum Gasteiger partial charge on any atom is 0.232 e. The molecule has 0 N–H and O–H groups in total. The van der Waals surface area contributed by atoms with Gasteiger partial charge in [-0.3, -0.25) is 0 Å². The Morgan fingerprint density at radius 3 is 3.09 bits per heavy atom. The van der Waals surface area contributed by atoms with Crippen molar-refractivity contribution in [1.29, 1.82) is 0 Å². The van der Waals surface area contributed by atoms with E-state index in [0.717, 1.165) is 31.6 Å². The van der Waals surface area contributed by atoms with Gasteiger partial charge in [-0.05, 0) is 13.3 Å². The summed E-state index contributed by atoms with van der Waals surface area (Å²) in [6.07, 6.45) is 2.97. The zero-order valence-corrected chi connectivity index (χ0v) is 7.17. The van der Waals surface area contributed by atoms with Gasteiger partial charge in [0, 0.05) is 0 Å². The van der Waals surface area contributed by atoms with Crippen LogP contribution in [0.5, 0.6) is 0 Å². The summed E-state index contributed by atoms with van der Waals surface area (Å²) in [4.78, 5) is 4.98. The fourth-order valence-electron chi connectivity index (χ4n) is 0.913. The molecule has 64 valence electrons. The topological polar surface area (TPSA) is 30.8 Å². The second kappa shape index (κ2) is 4.34. The lowest BCUT2D eigenvalue weighted by Crippen LogP contribution is -2.12. The van der Waals surface area contributed by atoms with Crippen molar-refractivity contribution in [3.05, 3.63) is 0 Å². The van der Waals surface area contributed by atoms with E-state index < -0.39 is 0 Å². The molecule has 0 radical (unpaired) electrons. The van der Waals surface area contributed by atoms with E-state index in [1.54, 1.807) is 0 Å². The standard InChI is InChI=1S/C8H15NO2/c1-3-4-5-10-8-6-7(2)9-11-8/h8H,3-6H2,1-2H3. The van der Waals surface area contributed by atoms with Crippen LogP contribution in [-0.4, -0.2) is 18.6 Å². The molecular formula is C8H15NO2. The molecule has 0 bridgehead atoms. The summed E-state index contributed by atoms with van der Waals surface area (Å²) in [5.74, 6) is 0. The highest BCUT2D eigenvalue weighted by Crippen LogP contribution is 2.11. The van der Waals surface area contributed by atoms with Crippen LogP contribution in [0.1, 0.15) is 33.1 Å². The molecule has 0 aromatic carbocycles. The van der Waals surface area contributed by atoms with Gasteiger partial charge in [0.2, 0.25) is 6.29 Å². The van der Waals surface area contributed by atoms with Crippen molar-refractivity contribution in [2.24, 2.45) is 5.16 Å². The highest BCUT2D eigenvalue weighted by Gasteiger charge is 2.17. The number of rotatable bonds is 4. The smallest absolute Gasteiger partial charge is 0.232 e. The van der Waals surface area contributed by atoms with Gasteiger partial charge >= 0.3 is 0 Å². The van der Waals surface area contributed by atoms with E-state index in [1.807, 2.05) is 6.92 Å². The van der Waals surface area contributed by atoms with Crippen LogP contribution in [0.2, 0.25) is 0 Å². The van der Waals surface area contributed by atoms with Crippen LogP contribution < -0.4 is 0 Å². The summed E-state index contributed by atoms with van der Waals surface area (Å²) >= 11 is 0. The van der Waals surface area contributed by atoms with Crippen LogP contribution >= 0.6 is 0 Å². The van der Waals surface area contributed by atoms with E-state index in [0.29, 0.717) is 0 Å². The quantitative estimate of drug-likeness (QED) is 0.584. The SMILES string of the molecule is CCCCOC1CC(C)=NO1. The molecule has 3 nitrogen and oxygen atoms in total. The first-order valence-electron chi connectivity index (χ1n) is 4.14. The van der Waals surface area contributed by atoms with Crippen LogP contribution in [0.15, 0.2) is 5.16 Å². The first-order valence-corrected chi connectivity index (χ1v) is 4.14. The summed E-state index contributed by atoms with van der Waals surface area (Å²) in [7, 11) is 0. The van der Waals surface area contributed by atoms with Gasteiger partial charge in [0.15, 0.2) is 0 Å². The van der Waals surface area contributed by atoms with E-state index >= 15 is 0 Å². The van der Waals surface area contributed by atoms with Gasteiger partial charge in [0.05, 0.1) is 18.7 Å². The molecule has 0 aromatic rings. The molecule has 1 heterocycles. The zero-order chi connectivity index (χ0) is 8.10. The normalized spacial score (nSPS) is 23.1. The monoisotopic (exact) mass is 157 g/mol. The lowest BCUT2D eigenvalue weighted by Gasteiger charge is -2.08. The van der Waals surface area contributed by atoms with E-state index in [9.17, 15) is 0 Å². The molecular weight excluding hydrogens is 142 g/mol. The van der Waals surface area contributed by atoms with Crippen molar-refractivity contribution >= 4 is 5.71 Å². The van der Waals surface area contributed by atoms with E-state index in [4.69, 9.17) is 9.57 Å². The third kappa shape index (κ3) is 2.89. The van der Waals surface area contributed by atoms with Gasteiger partial charge in [0.1, 0.15) is 0 Å².